The van der Waals surface area contributed by atoms with E-state index in [1.165, 1.54) is 31.4 Å². The summed E-state index contributed by atoms with van der Waals surface area (Å²) in [5.74, 6) is 0.641. The first kappa shape index (κ1) is 13.2. The van der Waals surface area contributed by atoms with Crippen LogP contribution in [0.15, 0.2) is 23.1 Å². The number of hydrogen-bond donors (Lipinski definition) is 3. The predicted molar refractivity (Wildman–Crippen MR) is 72.7 cm³/mol. The highest BCUT2D eigenvalue weighted by Gasteiger charge is 2.24. The van der Waals surface area contributed by atoms with E-state index in [1.807, 2.05) is 0 Å². The number of sulfonamides is 1. The van der Waals surface area contributed by atoms with E-state index in [0.717, 1.165) is 0 Å². The van der Waals surface area contributed by atoms with Crippen LogP contribution in [0.2, 0.25) is 0 Å². The van der Waals surface area contributed by atoms with E-state index in [-0.39, 0.29) is 10.9 Å². The molecule has 5 N–H and O–H groups in total. The molecular weight excluding hydrogens is 250 g/mol. The van der Waals surface area contributed by atoms with E-state index in [0.29, 0.717) is 17.3 Å². The Bertz CT molecular complexity index is 538. The molecule has 1 fully saturated rings. The number of primary sulfonamides is 1. The lowest BCUT2D eigenvalue weighted by molar-refractivity contribution is 0.285. The molecule has 0 amide bonds. The maximum absolute atomic E-state index is 11.3. The van der Waals surface area contributed by atoms with Crippen LogP contribution >= 0.6 is 0 Å². The molecule has 1 aliphatic rings. The fourth-order valence-electron chi connectivity index (χ4n) is 2.14. The third kappa shape index (κ3) is 2.76. The van der Waals surface area contributed by atoms with Gasteiger partial charge in [-0.1, -0.05) is 6.42 Å². The van der Waals surface area contributed by atoms with Crippen molar-refractivity contribution in [2.24, 2.45) is 11.1 Å². The van der Waals surface area contributed by atoms with Crippen molar-refractivity contribution in [2.45, 2.75) is 37.1 Å². The van der Waals surface area contributed by atoms with Crippen molar-refractivity contribution in [3.05, 3.63) is 18.2 Å². The Kier molecular flexibility index (Phi) is 3.49. The van der Waals surface area contributed by atoms with Crippen molar-refractivity contribution in [2.75, 3.05) is 11.1 Å². The molecule has 5 nitrogen and oxygen atoms in total. The van der Waals surface area contributed by atoms with Gasteiger partial charge in [0, 0.05) is 6.04 Å². The molecule has 100 valence electrons. The van der Waals surface area contributed by atoms with Crippen molar-refractivity contribution < 1.29 is 8.42 Å². The molecule has 1 saturated carbocycles. The molecule has 6 heteroatoms. The molecule has 1 unspecified atom stereocenters. The second-order valence-corrected chi connectivity index (χ2v) is 6.48. The van der Waals surface area contributed by atoms with Gasteiger partial charge < -0.3 is 11.1 Å². The summed E-state index contributed by atoms with van der Waals surface area (Å²) in [7, 11) is -3.69. The summed E-state index contributed by atoms with van der Waals surface area (Å²) >= 11 is 0. The lowest BCUT2D eigenvalue weighted by Gasteiger charge is -2.32. The lowest BCUT2D eigenvalue weighted by atomic mass is 9.80. The number of anilines is 2. The van der Waals surface area contributed by atoms with Gasteiger partial charge in [0.2, 0.25) is 10.0 Å². The van der Waals surface area contributed by atoms with Crippen LogP contribution < -0.4 is 16.2 Å². The molecule has 1 aromatic carbocycles. The standard InChI is InChI=1S/C12H19N3O2S/c1-8(9-3-2-4-9)15-12-7-10(18(14,16)17)5-6-11(12)13/h5-9,15H,2-4,13H2,1H3,(H2,14,16,17). The first-order chi connectivity index (χ1) is 8.38. The Hall–Kier alpha value is -1.27. The highest BCUT2D eigenvalue weighted by molar-refractivity contribution is 7.89. The Morgan fingerprint density at radius 3 is 2.56 bits per heavy atom. The number of nitrogens with two attached hydrogens (primary N) is 2. The summed E-state index contributed by atoms with van der Waals surface area (Å²) in [5.41, 5.74) is 7.02. The van der Waals surface area contributed by atoms with Crippen LogP contribution in [0.5, 0.6) is 0 Å². The molecule has 0 radical (unpaired) electrons. The van der Waals surface area contributed by atoms with E-state index < -0.39 is 10.0 Å². The average Bonchev–Trinajstić information content (AvgIpc) is 2.16. The maximum Gasteiger partial charge on any atom is 0.238 e. The van der Waals surface area contributed by atoms with Crippen molar-refractivity contribution in [3.63, 3.8) is 0 Å². The molecular formula is C12H19N3O2S. The second-order valence-electron chi connectivity index (χ2n) is 4.92. The van der Waals surface area contributed by atoms with Crippen molar-refractivity contribution >= 4 is 21.4 Å². The van der Waals surface area contributed by atoms with Crippen LogP contribution in [0, 0.1) is 5.92 Å². The van der Waals surface area contributed by atoms with E-state index in [4.69, 9.17) is 10.9 Å². The quantitative estimate of drug-likeness (QED) is 0.722. The number of nitrogen functional groups attached to an aromatic ring is 1. The number of benzene rings is 1. The van der Waals surface area contributed by atoms with Crippen LogP contribution in [0.4, 0.5) is 11.4 Å². The van der Waals surface area contributed by atoms with Gasteiger partial charge in [-0.3, -0.25) is 0 Å². The maximum atomic E-state index is 11.3. The van der Waals surface area contributed by atoms with Crippen molar-refractivity contribution in [3.8, 4) is 0 Å². The van der Waals surface area contributed by atoms with E-state index in [9.17, 15) is 8.42 Å². The minimum atomic E-state index is -3.69. The molecule has 1 aromatic rings. The van der Waals surface area contributed by atoms with Gasteiger partial charge in [0.1, 0.15) is 0 Å². The normalized spacial score (nSPS) is 18.1. The monoisotopic (exact) mass is 269 g/mol. The number of rotatable bonds is 4. The zero-order valence-corrected chi connectivity index (χ0v) is 11.2. The molecule has 2 rings (SSSR count). The molecule has 0 bridgehead atoms. The third-order valence-electron chi connectivity index (χ3n) is 3.59. The predicted octanol–water partition coefficient (Wildman–Crippen LogP) is 1.52. The van der Waals surface area contributed by atoms with Crippen molar-refractivity contribution in [1.29, 1.82) is 0 Å². The highest BCUT2D eigenvalue weighted by atomic mass is 32.2. The summed E-state index contributed by atoms with van der Waals surface area (Å²) in [6.45, 7) is 2.09. The van der Waals surface area contributed by atoms with Crippen LogP contribution in [0.3, 0.4) is 0 Å². The summed E-state index contributed by atoms with van der Waals surface area (Å²) in [6.07, 6.45) is 3.69. The van der Waals surface area contributed by atoms with Crippen LogP contribution in [-0.4, -0.2) is 14.5 Å². The van der Waals surface area contributed by atoms with Gasteiger partial charge in [-0.15, -0.1) is 0 Å². The van der Waals surface area contributed by atoms with E-state index in [1.54, 1.807) is 6.07 Å². The van der Waals surface area contributed by atoms with Crippen LogP contribution in [0.25, 0.3) is 0 Å². The van der Waals surface area contributed by atoms with E-state index >= 15 is 0 Å². The molecule has 0 heterocycles. The first-order valence-corrected chi connectivity index (χ1v) is 7.61. The summed E-state index contributed by atoms with van der Waals surface area (Å²) in [4.78, 5) is 0.0833. The zero-order chi connectivity index (χ0) is 13.3. The minimum absolute atomic E-state index is 0.0833. The number of hydrogen-bond acceptors (Lipinski definition) is 4. The van der Waals surface area contributed by atoms with Gasteiger partial charge in [0.15, 0.2) is 0 Å². The third-order valence-corrected chi connectivity index (χ3v) is 4.50. The largest absolute Gasteiger partial charge is 0.397 e. The first-order valence-electron chi connectivity index (χ1n) is 6.07. The van der Waals surface area contributed by atoms with Crippen LogP contribution in [-0.2, 0) is 10.0 Å². The second kappa shape index (κ2) is 4.78. The summed E-state index contributed by atoms with van der Waals surface area (Å²) in [5, 5.41) is 8.39. The van der Waals surface area contributed by atoms with Gasteiger partial charge in [-0.05, 0) is 43.9 Å². The van der Waals surface area contributed by atoms with Crippen LogP contribution in [0.1, 0.15) is 26.2 Å². The van der Waals surface area contributed by atoms with Gasteiger partial charge >= 0.3 is 0 Å². The molecule has 0 spiro atoms. The molecule has 18 heavy (non-hydrogen) atoms. The van der Waals surface area contributed by atoms with Gasteiger partial charge in [-0.25, -0.2) is 13.6 Å². The van der Waals surface area contributed by atoms with Gasteiger partial charge in [-0.2, -0.15) is 0 Å². The summed E-state index contributed by atoms with van der Waals surface area (Å²) in [6, 6.07) is 4.77. The topological polar surface area (TPSA) is 98.2 Å². The lowest BCUT2D eigenvalue weighted by Crippen LogP contribution is -2.31. The van der Waals surface area contributed by atoms with Gasteiger partial charge in [0.05, 0.1) is 16.3 Å². The molecule has 1 atom stereocenters. The minimum Gasteiger partial charge on any atom is -0.397 e. The van der Waals surface area contributed by atoms with Crippen molar-refractivity contribution in [1.82, 2.24) is 0 Å². The Labute approximate surface area is 108 Å². The fraction of sp³-hybridized carbons (Fsp3) is 0.500. The Morgan fingerprint density at radius 2 is 2.06 bits per heavy atom. The molecule has 0 saturated heterocycles. The fourth-order valence-corrected chi connectivity index (χ4v) is 2.68. The average molecular weight is 269 g/mol. The Morgan fingerprint density at radius 1 is 1.39 bits per heavy atom. The van der Waals surface area contributed by atoms with Gasteiger partial charge in [0.25, 0.3) is 0 Å². The molecule has 0 aromatic heterocycles. The summed E-state index contributed by atoms with van der Waals surface area (Å²) < 4.78 is 22.6. The molecule has 1 aliphatic carbocycles. The van der Waals surface area contributed by atoms with E-state index in [2.05, 4.69) is 12.2 Å². The smallest absolute Gasteiger partial charge is 0.238 e. The molecule has 0 aliphatic heterocycles. The Balaban J connectivity index is 2.21. The SMILES string of the molecule is CC(Nc1cc(S(N)(=O)=O)ccc1N)C1CCC1. The zero-order valence-electron chi connectivity index (χ0n) is 10.4. The number of nitrogens with one attached hydrogen (secondary N) is 1. The highest BCUT2D eigenvalue weighted by Crippen LogP contribution is 2.32.